The molecule has 0 aliphatic carbocycles. The molecule has 0 amide bonds. The number of fused-ring (bicyclic) bond motifs is 1. The molecule has 4 aromatic rings. The molecule has 3 aromatic carbocycles. The highest BCUT2D eigenvalue weighted by Crippen LogP contribution is 2.32. The van der Waals surface area contributed by atoms with Crippen LogP contribution in [0, 0.1) is 11.3 Å². The van der Waals surface area contributed by atoms with E-state index < -0.39 is 0 Å². The first-order chi connectivity index (χ1) is 14.7. The highest BCUT2D eigenvalue weighted by Gasteiger charge is 2.10. The van der Waals surface area contributed by atoms with Crippen molar-refractivity contribution in [2.24, 2.45) is 0 Å². The van der Waals surface area contributed by atoms with Gasteiger partial charge in [-0.25, -0.2) is 4.98 Å². The maximum absolute atomic E-state index is 9.69. The van der Waals surface area contributed by atoms with E-state index in [1.54, 1.807) is 7.11 Å². The Morgan fingerprint density at radius 1 is 1.10 bits per heavy atom. The van der Waals surface area contributed by atoms with Crippen LogP contribution in [0.15, 0.2) is 66.7 Å². The minimum atomic E-state index is 0.379. The van der Waals surface area contributed by atoms with Crippen LogP contribution < -0.4 is 9.47 Å². The molecule has 0 atom stereocenters. The SMILES string of the molecule is COc1ccc(C=C(C#N)c2nc3ccccc3s2)cc1OCc1ccc(Cl)cc1. The Kier molecular flexibility index (Phi) is 5.99. The molecule has 6 heteroatoms. The summed E-state index contributed by atoms with van der Waals surface area (Å²) in [6.07, 6.45) is 1.81. The Hall–Kier alpha value is -3.33. The van der Waals surface area contributed by atoms with Gasteiger partial charge in [0, 0.05) is 5.02 Å². The van der Waals surface area contributed by atoms with E-state index in [0.717, 1.165) is 21.3 Å². The number of halogens is 1. The molecule has 0 N–H and O–H groups in total. The van der Waals surface area contributed by atoms with E-state index in [0.29, 0.717) is 33.7 Å². The summed E-state index contributed by atoms with van der Waals surface area (Å²) in [7, 11) is 1.60. The van der Waals surface area contributed by atoms with Gasteiger partial charge in [-0.3, -0.25) is 0 Å². The second kappa shape index (κ2) is 9.00. The summed E-state index contributed by atoms with van der Waals surface area (Å²) in [6, 6.07) is 23.2. The number of nitriles is 1. The summed E-state index contributed by atoms with van der Waals surface area (Å²) < 4.78 is 12.4. The highest BCUT2D eigenvalue weighted by molar-refractivity contribution is 7.19. The number of aromatic nitrogens is 1. The lowest BCUT2D eigenvalue weighted by Gasteiger charge is -2.12. The lowest BCUT2D eigenvalue weighted by molar-refractivity contribution is 0.284. The van der Waals surface area contributed by atoms with E-state index in [9.17, 15) is 5.26 Å². The molecule has 30 heavy (non-hydrogen) atoms. The first-order valence-corrected chi connectivity index (χ1v) is 10.4. The van der Waals surface area contributed by atoms with E-state index in [1.165, 1.54) is 11.3 Å². The summed E-state index contributed by atoms with van der Waals surface area (Å²) in [5, 5.41) is 11.1. The van der Waals surface area contributed by atoms with Crippen LogP contribution >= 0.6 is 22.9 Å². The third kappa shape index (κ3) is 4.46. The van der Waals surface area contributed by atoms with Crippen LogP contribution in [0.5, 0.6) is 11.5 Å². The maximum atomic E-state index is 9.69. The van der Waals surface area contributed by atoms with Crippen LogP contribution in [0.1, 0.15) is 16.1 Å². The first-order valence-electron chi connectivity index (χ1n) is 9.19. The molecule has 4 rings (SSSR count). The Balaban J connectivity index is 1.62. The predicted octanol–water partition coefficient (Wildman–Crippen LogP) is 6.60. The van der Waals surface area contributed by atoms with Crippen LogP contribution in [-0.2, 0) is 6.61 Å². The first kappa shape index (κ1) is 20.0. The maximum Gasteiger partial charge on any atom is 0.162 e. The fourth-order valence-electron chi connectivity index (χ4n) is 2.93. The summed E-state index contributed by atoms with van der Waals surface area (Å²) >= 11 is 7.44. The fraction of sp³-hybridized carbons (Fsp3) is 0.0833. The van der Waals surface area contributed by atoms with Crippen molar-refractivity contribution in [3.63, 3.8) is 0 Å². The number of nitrogens with zero attached hydrogens (tertiary/aromatic N) is 2. The largest absolute Gasteiger partial charge is 0.493 e. The van der Waals surface area contributed by atoms with Gasteiger partial charge in [-0.2, -0.15) is 5.26 Å². The molecule has 0 aliphatic rings. The molecule has 0 saturated heterocycles. The molecule has 1 heterocycles. The lowest BCUT2D eigenvalue weighted by Crippen LogP contribution is -1.98. The molecule has 0 aliphatic heterocycles. The molecule has 0 saturated carbocycles. The molecule has 0 bridgehead atoms. The van der Waals surface area contributed by atoms with Gasteiger partial charge in [-0.15, -0.1) is 11.3 Å². The quantitative estimate of drug-likeness (QED) is 0.322. The molecular formula is C24H17ClN2O2S. The van der Waals surface area contributed by atoms with Gasteiger partial charge in [-0.1, -0.05) is 41.9 Å². The molecular weight excluding hydrogens is 416 g/mol. The van der Waals surface area contributed by atoms with Crippen LogP contribution in [0.2, 0.25) is 5.02 Å². The molecule has 0 unspecified atom stereocenters. The van der Waals surface area contributed by atoms with Gasteiger partial charge in [0.2, 0.25) is 0 Å². The minimum absolute atomic E-state index is 0.379. The van der Waals surface area contributed by atoms with Gasteiger partial charge in [0.25, 0.3) is 0 Å². The van der Waals surface area contributed by atoms with Gasteiger partial charge in [0.15, 0.2) is 11.5 Å². The number of methoxy groups -OCH3 is 1. The van der Waals surface area contributed by atoms with E-state index in [2.05, 4.69) is 11.1 Å². The lowest BCUT2D eigenvalue weighted by atomic mass is 10.1. The Bertz CT molecular complexity index is 1220. The summed E-state index contributed by atoms with van der Waals surface area (Å²) in [4.78, 5) is 4.58. The number of hydrogen-bond acceptors (Lipinski definition) is 5. The normalized spacial score (nSPS) is 11.3. The van der Waals surface area contributed by atoms with Crippen LogP contribution in [0.3, 0.4) is 0 Å². The van der Waals surface area contributed by atoms with Crippen LogP contribution in [0.4, 0.5) is 0 Å². The minimum Gasteiger partial charge on any atom is -0.493 e. The number of ether oxygens (including phenoxy) is 2. The number of rotatable bonds is 6. The van der Waals surface area contributed by atoms with Gasteiger partial charge in [0.1, 0.15) is 17.7 Å². The van der Waals surface area contributed by atoms with Gasteiger partial charge in [-0.05, 0) is 53.6 Å². The highest BCUT2D eigenvalue weighted by atomic mass is 35.5. The molecule has 148 valence electrons. The molecule has 4 nitrogen and oxygen atoms in total. The number of hydrogen-bond donors (Lipinski definition) is 0. The average molecular weight is 433 g/mol. The van der Waals surface area contributed by atoms with Crippen molar-refractivity contribution in [3.8, 4) is 17.6 Å². The van der Waals surface area contributed by atoms with E-state index >= 15 is 0 Å². The van der Waals surface area contributed by atoms with Crippen LogP contribution in [-0.4, -0.2) is 12.1 Å². The zero-order chi connectivity index (χ0) is 20.9. The van der Waals surface area contributed by atoms with Crippen molar-refractivity contribution < 1.29 is 9.47 Å². The summed E-state index contributed by atoms with van der Waals surface area (Å²) in [5.41, 5.74) is 3.22. The van der Waals surface area contributed by atoms with Crippen molar-refractivity contribution in [2.45, 2.75) is 6.61 Å². The van der Waals surface area contributed by atoms with E-state index in [-0.39, 0.29) is 0 Å². The van der Waals surface area contributed by atoms with Crippen molar-refractivity contribution in [1.82, 2.24) is 4.98 Å². The van der Waals surface area contributed by atoms with E-state index in [4.69, 9.17) is 21.1 Å². The monoisotopic (exact) mass is 432 g/mol. The molecule has 0 radical (unpaired) electrons. The van der Waals surface area contributed by atoms with Crippen molar-refractivity contribution in [3.05, 3.63) is 87.9 Å². The van der Waals surface area contributed by atoms with E-state index in [1.807, 2.05) is 72.8 Å². The van der Waals surface area contributed by atoms with Gasteiger partial charge < -0.3 is 9.47 Å². The second-order valence-corrected chi connectivity index (χ2v) is 7.95. The van der Waals surface area contributed by atoms with Crippen molar-refractivity contribution in [1.29, 1.82) is 5.26 Å². The number of para-hydroxylation sites is 1. The average Bonchev–Trinajstić information content (AvgIpc) is 3.21. The predicted molar refractivity (Wildman–Crippen MR) is 122 cm³/mol. The van der Waals surface area contributed by atoms with Gasteiger partial charge >= 0.3 is 0 Å². The number of benzene rings is 3. The van der Waals surface area contributed by atoms with Crippen molar-refractivity contribution in [2.75, 3.05) is 7.11 Å². The summed E-state index contributed by atoms with van der Waals surface area (Å²) in [5.74, 6) is 1.22. The van der Waals surface area contributed by atoms with Crippen molar-refractivity contribution >= 4 is 44.8 Å². The number of thiazole rings is 1. The summed E-state index contributed by atoms with van der Waals surface area (Å²) in [6.45, 7) is 0.379. The standard InChI is InChI=1S/C24H17ClN2O2S/c1-28-21-11-8-17(13-22(21)29-15-16-6-9-19(25)10-7-16)12-18(14-26)24-27-20-4-2-3-5-23(20)30-24/h2-13H,15H2,1H3. The fourth-order valence-corrected chi connectivity index (χ4v) is 3.99. The zero-order valence-corrected chi connectivity index (χ0v) is 17.7. The second-order valence-electron chi connectivity index (χ2n) is 6.48. The van der Waals surface area contributed by atoms with Gasteiger partial charge in [0.05, 0.1) is 22.9 Å². The smallest absolute Gasteiger partial charge is 0.162 e. The molecule has 0 spiro atoms. The third-order valence-electron chi connectivity index (χ3n) is 4.45. The Labute approximate surface area is 183 Å². The molecule has 1 aromatic heterocycles. The topological polar surface area (TPSA) is 55.1 Å². The number of allylic oxidation sites excluding steroid dienone is 1. The third-order valence-corrected chi connectivity index (χ3v) is 5.77. The Morgan fingerprint density at radius 2 is 1.90 bits per heavy atom. The van der Waals surface area contributed by atoms with Crippen LogP contribution in [0.25, 0.3) is 21.9 Å². The Morgan fingerprint density at radius 3 is 2.63 bits per heavy atom. The molecule has 0 fully saturated rings. The zero-order valence-electron chi connectivity index (χ0n) is 16.1.